The van der Waals surface area contributed by atoms with Crippen molar-refractivity contribution in [2.45, 2.75) is 13.5 Å². The van der Waals surface area contributed by atoms with Crippen LogP contribution in [0.1, 0.15) is 21.6 Å². The molecule has 0 atom stereocenters. The van der Waals surface area contributed by atoms with E-state index in [1.54, 1.807) is 12.1 Å². The number of hydrogen-bond acceptors (Lipinski definition) is 3. The molecule has 18 heavy (non-hydrogen) atoms. The summed E-state index contributed by atoms with van der Waals surface area (Å²) in [4.78, 5) is 14.8. The van der Waals surface area contributed by atoms with Gasteiger partial charge >= 0.3 is 5.97 Å². The highest BCUT2D eigenvalue weighted by atomic mass is 16.4. The highest BCUT2D eigenvalue weighted by Gasteiger charge is 2.02. The van der Waals surface area contributed by atoms with Gasteiger partial charge in [0, 0.05) is 11.9 Å². The number of carboxylic acids is 1. The zero-order valence-electron chi connectivity index (χ0n) is 10.1. The van der Waals surface area contributed by atoms with Crippen molar-refractivity contribution in [3.05, 3.63) is 59.4 Å². The number of aromatic nitrogens is 1. The lowest BCUT2D eigenvalue weighted by Gasteiger charge is -2.06. The van der Waals surface area contributed by atoms with Crippen molar-refractivity contribution in [1.82, 2.24) is 4.98 Å². The van der Waals surface area contributed by atoms with Crippen LogP contribution in [0, 0.1) is 6.92 Å². The van der Waals surface area contributed by atoms with Crippen LogP contribution in [0.3, 0.4) is 0 Å². The SMILES string of the molecule is Cc1ccc(NCc2ccc(C(=O)O)cn2)cc1. The quantitative estimate of drug-likeness (QED) is 0.865. The van der Waals surface area contributed by atoms with Gasteiger partial charge in [0.1, 0.15) is 0 Å². The third-order valence-corrected chi connectivity index (χ3v) is 2.60. The minimum Gasteiger partial charge on any atom is -0.478 e. The van der Waals surface area contributed by atoms with Gasteiger partial charge in [-0.15, -0.1) is 0 Å². The van der Waals surface area contributed by atoms with E-state index in [9.17, 15) is 4.79 Å². The summed E-state index contributed by atoms with van der Waals surface area (Å²) in [5.41, 5.74) is 3.24. The van der Waals surface area contributed by atoms with Crippen LogP contribution in [0.5, 0.6) is 0 Å². The average Bonchev–Trinajstić information content (AvgIpc) is 2.38. The van der Waals surface area contributed by atoms with Crippen molar-refractivity contribution in [3.63, 3.8) is 0 Å². The Kier molecular flexibility index (Phi) is 3.57. The molecule has 0 radical (unpaired) electrons. The molecule has 0 aliphatic heterocycles. The molecule has 4 heteroatoms. The largest absolute Gasteiger partial charge is 0.478 e. The Morgan fingerprint density at radius 1 is 1.22 bits per heavy atom. The molecule has 0 bridgehead atoms. The number of aryl methyl sites for hydroxylation is 1. The topological polar surface area (TPSA) is 62.2 Å². The maximum atomic E-state index is 10.7. The van der Waals surface area contributed by atoms with E-state index in [-0.39, 0.29) is 5.56 Å². The highest BCUT2D eigenvalue weighted by molar-refractivity contribution is 5.87. The van der Waals surface area contributed by atoms with Gasteiger partial charge in [0.25, 0.3) is 0 Å². The Hall–Kier alpha value is -2.36. The molecule has 0 spiro atoms. The van der Waals surface area contributed by atoms with Crippen molar-refractivity contribution < 1.29 is 9.90 Å². The summed E-state index contributed by atoms with van der Waals surface area (Å²) in [6.45, 7) is 2.61. The van der Waals surface area contributed by atoms with Crippen molar-refractivity contribution in [1.29, 1.82) is 0 Å². The summed E-state index contributed by atoms with van der Waals surface area (Å²) < 4.78 is 0. The van der Waals surface area contributed by atoms with Crippen LogP contribution in [0.2, 0.25) is 0 Å². The van der Waals surface area contributed by atoms with Crippen LogP contribution in [-0.4, -0.2) is 16.1 Å². The number of nitrogens with zero attached hydrogens (tertiary/aromatic N) is 1. The summed E-state index contributed by atoms with van der Waals surface area (Å²) in [6, 6.07) is 11.3. The van der Waals surface area contributed by atoms with Crippen molar-refractivity contribution >= 4 is 11.7 Å². The molecule has 0 saturated carbocycles. The minimum absolute atomic E-state index is 0.203. The molecule has 1 aromatic heterocycles. The van der Waals surface area contributed by atoms with Crippen LogP contribution in [0.25, 0.3) is 0 Å². The van der Waals surface area contributed by atoms with Crippen LogP contribution in [0.15, 0.2) is 42.6 Å². The van der Waals surface area contributed by atoms with E-state index in [4.69, 9.17) is 5.11 Å². The molecule has 2 N–H and O–H groups in total. The van der Waals surface area contributed by atoms with Gasteiger partial charge in [0.15, 0.2) is 0 Å². The van der Waals surface area contributed by atoms with Crippen molar-refractivity contribution in [2.75, 3.05) is 5.32 Å². The number of hydrogen-bond donors (Lipinski definition) is 2. The fourth-order valence-electron chi connectivity index (χ4n) is 1.52. The van der Waals surface area contributed by atoms with E-state index < -0.39 is 5.97 Å². The van der Waals surface area contributed by atoms with Gasteiger partial charge in [-0.3, -0.25) is 4.98 Å². The summed E-state index contributed by atoms with van der Waals surface area (Å²) in [5.74, 6) is -0.958. The second kappa shape index (κ2) is 5.31. The first-order chi connectivity index (χ1) is 8.65. The normalized spacial score (nSPS) is 10.1. The number of nitrogens with one attached hydrogen (secondary N) is 1. The first kappa shape index (κ1) is 12.1. The number of carbonyl (C=O) groups is 1. The van der Waals surface area contributed by atoms with Crippen LogP contribution >= 0.6 is 0 Å². The number of pyridine rings is 1. The monoisotopic (exact) mass is 242 g/mol. The lowest BCUT2D eigenvalue weighted by atomic mass is 10.2. The van der Waals surface area contributed by atoms with Crippen molar-refractivity contribution in [3.8, 4) is 0 Å². The molecule has 0 fully saturated rings. The summed E-state index contributed by atoms with van der Waals surface area (Å²) in [7, 11) is 0. The number of rotatable bonds is 4. The molecule has 0 aliphatic carbocycles. The van der Waals surface area contributed by atoms with E-state index in [0.717, 1.165) is 11.4 Å². The highest BCUT2D eigenvalue weighted by Crippen LogP contribution is 2.10. The molecular weight excluding hydrogens is 228 g/mol. The first-order valence-electron chi connectivity index (χ1n) is 5.64. The van der Waals surface area contributed by atoms with E-state index in [2.05, 4.69) is 10.3 Å². The van der Waals surface area contributed by atoms with E-state index >= 15 is 0 Å². The second-order valence-electron chi connectivity index (χ2n) is 4.06. The molecule has 2 rings (SSSR count). The third kappa shape index (κ3) is 3.07. The molecule has 2 aromatic rings. The Bertz CT molecular complexity index is 533. The minimum atomic E-state index is -0.958. The van der Waals surface area contributed by atoms with E-state index in [1.807, 2.05) is 31.2 Å². The Morgan fingerprint density at radius 3 is 2.50 bits per heavy atom. The smallest absolute Gasteiger partial charge is 0.337 e. The molecule has 0 aliphatic rings. The van der Waals surface area contributed by atoms with Gasteiger partial charge in [-0.2, -0.15) is 0 Å². The lowest BCUT2D eigenvalue weighted by Crippen LogP contribution is -2.03. The van der Waals surface area contributed by atoms with Gasteiger partial charge in [0.2, 0.25) is 0 Å². The number of anilines is 1. The standard InChI is InChI=1S/C14H14N2O2/c1-10-2-5-12(6-3-10)16-9-13-7-4-11(8-15-13)14(17)18/h2-8,16H,9H2,1H3,(H,17,18). The second-order valence-corrected chi connectivity index (χ2v) is 4.06. The molecule has 0 amide bonds. The van der Waals surface area contributed by atoms with Gasteiger partial charge in [-0.05, 0) is 31.2 Å². The molecule has 1 aromatic carbocycles. The predicted molar refractivity (Wildman–Crippen MR) is 69.7 cm³/mol. The molecule has 0 saturated heterocycles. The van der Waals surface area contributed by atoms with Gasteiger partial charge < -0.3 is 10.4 Å². The Morgan fingerprint density at radius 2 is 1.94 bits per heavy atom. The fourth-order valence-corrected chi connectivity index (χ4v) is 1.52. The Labute approximate surface area is 105 Å². The molecule has 92 valence electrons. The molecule has 1 heterocycles. The number of benzene rings is 1. The van der Waals surface area contributed by atoms with E-state index in [1.165, 1.54) is 11.8 Å². The summed E-state index contributed by atoms with van der Waals surface area (Å²) in [5, 5.41) is 12.0. The van der Waals surface area contributed by atoms with Crippen LogP contribution in [0.4, 0.5) is 5.69 Å². The third-order valence-electron chi connectivity index (χ3n) is 2.60. The predicted octanol–water partition coefficient (Wildman–Crippen LogP) is 2.70. The maximum Gasteiger partial charge on any atom is 0.337 e. The average molecular weight is 242 g/mol. The molecule has 4 nitrogen and oxygen atoms in total. The molecule has 0 unspecified atom stereocenters. The van der Waals surface area contributed by atoms with Gasteiger partial charge in [0.05, 0.1) is 17.8 Å². The van der Waals surface area contributed by atoms with Crippen LogP contribution < -0.4 is 5.32 Å². The van der Waals surface area contributed by atoms with Gasteiger partial charge in [-0.25, -0.2) is 4.79 Å². The summed E-state index contributed by atoms with van der Waals surface area (Å²) in [6.07, 6.45) is 1.37. The summed E-state index contributed by atoms with van der Waals surface area (Å²) >= 11 is 0. The Balaban J connectivity index is 1.97. The number of carboxylic acid groups (broad SMARTS) is 1. The zero-order chi connectivity index (χ0) is 13.0. The maximum absolute atomic E-state index is 10.7. The number of aromatic carboxylic acids is 1. The molecular formula is C14H14N2O2. The fraction of sp³-hybridized carbons (Fsp3) is 0.143. The first-order valence-corrected chi connectivity index (χ1v) is 5.64. The van der Waals surface area contributed by atoms with Gasteiger partial charge in [-0.1, -0.05) is 17.7 Å². The zero-order valence-corrected chi connectivity index (χ0v) is 10.1. The van der Waals surface area contributed by atoms with E-state index in [0.29, 0.717) is 6.54 Å². The van der Waals surface area contributed by atoms with Crippen molar-refractivity contribution in [2.24, 2.45) is 0 Å². The lowest BCUT2D eigenvalue weighted by molar-refractivity contribution is 0.0696. The van der Waals surface area contributed by atoms with Crippen LogP contribution in [-0.2, 0) is 6.54 Å².